The van der Waals surface area contributed by atoms with Crippen molar-refractivity contribution < 1.29 is 9.59 Å². The Morgan fingerprint density at radius 2 is 1.84 bits per heavy atom. The molecule has 2 N–H and O–H groups in total. The van der Waals surface area contributed by atoms with Crippen molar-refractivity contribution in [3.05, 3.63) is 30.1 Å². The zero-order valence-corrected chi connectivity index (χ0v) is 21.7. The lowest BCUT2D eigenvalue weighted by Crippen LogP contribution is -2.56. The van der Waals surface area contributed by atoms with Gasteiger partial charge in [0.15, 0.2) is 0 Å². The van der Waals surface area contributed by atoms with E-state index in [1.54, 1.807) is 6.20 Å². The van der Waals surface area contributed by atoms with E-state index >= 15 is 0 Å². The highest BCUT2D eigenvalue weighted by atomic mass is 16.2. The third kappa shape index (κ3) is 4.31. The summed E-state index contributed by atoms with van der Waals surface area (Å²) in [5, 5.41) is 6.15. The van der Waals surface area contributed by atoms with Gasteiger partial charge < -0.3 is 15.5 Å². The highest BCUT2D eigenvalue weighted by molar-refractivity contribution is 6.14. The summed E-state index contributed by atoms with van der Waals surface area (Å²) >= 11 is 0. The number of anilines is 4. The van der Waals surface area contributed by atoms with E-state index in [-0.39, 0.29) is 17.9 Å². The van der Waals surface area contributed by atoms with Crippen molar-refractivity contribution in [3.63, 3.8) is 0 Å². The number of carbonyl (C=O) groups excluding carboxylic acids is 2. The number of piperazine rings is 1. The maximum absolute atomic E-state index is 13.8. The third-order valence-electron chi connectivity index (χ3n) is 8.52. The number of hydrogen-bond donors (Lipinski definition) is 2. The average molecular weight is 505 g/mol. The van der Waals surface area contributed by atoms with Crippen molar-refractivity contribution >= 4 is 35.1 Å². The van der Waals surface area contributed by atoms with Gasteiger partial charge in [-0.2, -0.15) is 4.98 Å². The van der Waals surface area contributed by atoms with Crippen LogP contribution < -0.4 is 20.4 Å². The normalized spacial score (nSPS) is 24.7. The number of pyridine rings is 1. The Labute approximate surface area is 217 Å². The number of fused-ring (bicyclic) bond motifs is 1. The third-order valence-corrected chi connectivity index (χ3v) is 8.52. The number of aromatic nitrogens is 3. The zero-order valence-electron chi connectivity index (χ0n) is 21.7. The molecule has 2 aromatic rings. The maximum atomic E-state index is 13.8. The van der Waals surface area contributed by atoms with Crippen LogP contribution in [0.4, 0.5) is 23.3 Å². The van der Waals surface area contributed by atoms with Crippen LogP contribution >= 0.6 is 0 Å². The van der Waals surface area contributed by atoms with E-state index < -0.39 is 5.41 Å². The minimum atomic E-state index is -1.02. The van der Waals surface area contributed by atoms with Gasteiger partial charge in [0.25, 0.3) is 0 Å². The van der Waals surface area contributed by atoms with Crippen LogP contribution in [0.25, 0.3) is 0 Å². The monoisotopic (exact) mass is 504 g/mol. The fraction of sp³-hybridized carbons (Fsp3) is 0.593. The lowest BCUT2D eigenvalue weighted by Gasteiger charge is -2.40. The molecule has 1 unspecified atom stereocenters. The number of rotatable bonds is 5. The number of hydrogen-bond acceptors (Lipinski definition) is 8. The number of nitrogens with zero attached hydrogens (tertiary/aromatic N) is 6. The quantitative estimate of drug-likeness (QED) is 0.599. The van der Waals surface area contributed by atoms with Gasteiger partial charge in [-0.3, -0.25) is 19.4 Å². The maximum Gasteiger partial charge on any atom is 0.244 e. The fourth-order valence-corrected chi connectivity index (χ4v) is 6.31. The second-order valence-electron chi connectivity index (χ2n) is 11.1. The molecule has 2 aromatic heterocycles. The Bertz CT molecular complexity index is 1170. The summed E-state index contributed by atoms with van der Waals surface area (Å²) in [6, 6.07) is 4.68. The number of nitrogens with one attached hydrogen (secondary N) is 2. The van der Waals surface area contributed by atoms with Crippen LogP contribution in [0.3, 0.4) is 0 Å². The van der Waals surface area contributed by atoms with Crippen molar-refractivity contribution in [3.8, 4) is 0 Å². The first-order valence-corrected chi connectivity index (χ1v) is 13.6. The van der Waals surface area contributed by atoms with Crippen LogP contribution in [0.1, 0.15) is 51.5 Å². The average Bonchev–Trinajstić information content (AvgIpc) is 3.56. The molecule has 2 amide bonds. The van der Waals surface area contributed by atoms with E-state index in [1.165, 1.54) is 0 Å². The summed E-state index contributed by atoms with van der Waals surface area (Å²) in [6.45, 7) is 9.04. The van der Waals surface area contributed by atoms with E-state index in [4.69, 9.17) is 4.98 Å². The topological polar surface area (TPSA) is 107 Å². The Morgan fingerprint density at radius 3 is 2.49 bits per heavy atom. The molecule has 4 aliphatic rings. The fourth-order valence-electron chi connectivity index (χ4n) is 6.31. The lowest BCUT2D eigenvalue weighted by molar-refractivity contribution is -0.140. The Morgan fingerprint density at radius 1 is 1.05 bits per heavy atom. The summed E-state index contributed by atoms with van der Waals surface area (Å²) in [6.07, 6.45) is 8.52. The Kier molecular flexibility index (Phi) is 6.22. The van der Waals surface area contributed by atoms with E-state index in [2.05, 4.69) is 44.2 Å². The predicted molar refractivity (Wildman–Crippen MR) is 142 cm³/mol. The van der Waals surface area contributed by atoms with Gasteiger partial charge in [0, 0.05) is 63.0 Å². The minimum absolute atomic E-state index is 0.0803. The van der Waals surface area contributed by atoms with Crippen LogP contribution in [0.2, 0.25) is 0 Å². The molecule has 0 bridgehead atoms. The van der Waals surface area contributed by atoms with Crippen LogP contribution in [0.15, 0.2) is 24.5 Å². The molecule has 2 saturated heterocycles. The van der Waals surface area contributed by atoms with E-state index in [0.717, 1.165) is 68.9 Å². The largest absolute Gasteiger partial charge is 0.355 e. The molecule has 1 spiro atoms. The minimum Gasteiger partial charge on any atom is -0.355 e. The van der Waals surface area contributed by atoms with Gasteiger partial charge in [-0.25, -0.2) is 9.97 Å². The molecule has 10 nitrogen and oxygen atoms in total. The molecule has 10 heteroatoms. The molecular formula is C27H36N8O2. The molecule has 3 fully saturated rings. The molecule has 1 atom stereocenters. The van der Waals surface area contributed by atoms with Gasteiger partial charge in [-0.05, 0) is 45.2 Å². The first-order chi connectivity index (χ1) is 17.9. The molecule has 5 heterocycles. The Balaban J connectivity index is 1.22. The number of amides is 2. The molecule has 0 aromatic carbocycles. The van der Waals surface area contributed by atoms with E-state index in [0.29, 0.717) is 37.2 Å². The SMILES string of the molecule is CC(C)N1CCN(c2ccc(Nc3ncc4c(n3)N(C3CCCC3)C(=O)C3(CCNC3=O)C4)cn2)CC1. The summed E-state index contributed by atoms with van der Waals surface area (Å²) in [5.41, 5.74) is 0.641. The summed E-state index contributed by atoms with van der Waals surface area (Å²) in [7, 11) is 0. The molecule has 37 heavy (non-hydrogen) atoms. The van der Waals surface area contributed by atoms with Gasteiger partial charge in [-0.15, -0.1) is 0 Å². The highest BCUT2D eigenvalue weighted by Crippen LogP contribution is 2.44. The molecule has 3 aliphatic heterocycles. The van der Waals surface area contributed by atoms with Crippen LogP contribution in [0, 0.1) is 5.41 Å². The number of carbonyl (C=O) groups is 2. The van der Waals surface area contributed by atoms with Gasteiger partial charge in [-0.1, -0.05) is 12.8 Å². The van der Waals surface area contributed by atoms with Crippen molar-refractivity contribution in [1.29, 1.82) is 0 Å². The first kappa shape index (κ1) is 24.1. The summed E-state index contributed by atoms with van der Waals surface area (Å²) < 4.78 is 0. The molecular weight excluding hydrogens is 468 g/mol. The van der Waals surface area contributed by atoms with Crippen LogP contribution in [-0.2, 0) is 16.0 Å². The standard InChI is InChI=1S/C27H36N8O2/c1-18(2)33-11-13-34(14-12-33)22-8-7-20(17-29-22)31-26-30-16-19-15-27(9-10-28-24(27)36)25(37)35(23(19)32-26)21-5-3-4-6-21/h7-8,16-18,21H,3-6,9-15H2,1-2H3,(H,28,36)(H,30,31,32). The molecule has 0 radical (unpaired) electrons. The summed E-state index contributed by atoms with van der Waals surface area (Å²) in [4.78, 5) is 47.3. The second kappa shape index (κ2) is 9.55. The van der Waals surface area contributed by atoms with E-state index in [1.807, 2.05) is 23.2 Å². The zero-order chi connectivity index (χ0) is 25.6. The molecule has 1 aliphatic carbocycles. The van der Waals surface area contributed by atoms with Gasteiger partial charge in [0.05, 0.1) is 11.9 Å². The van der Waals surface area contributed by atoms with Crippen molar-refractivity contribution in [2.75, 3.05) is 47.8 Å². The van der Waals surface area contributed by atoms with E-state index in [9.17, 15) is 9.59 Å². The Hall–Kier alpha value is -3.27. The molecule has 6 rings (SSSR count). The highest BCUT2D eigenvalue weighted by Gasteiger charge is 2.56. The first-order valence-electron chi connectivity index (χ1n) is 13.6. The van der Waals surface area contributed by atoms with Crippen molar-refractivity contribution in [2.24, 2.45) is 5.41 Å². The van der Waals surface area contributed by atoms with Crippen LogP contribution in [-0.4, -0.2) is 76.5 Å². The van der Waals surface area contributed by atoms with Gasteiger partial charge in [0.2, 0.25) is 17.8 Å². The van der Waals surface area contributed by atoms with Crippen molar-refractivity contribution in [1.82, 2.24) is 25.2 Å². The molecule has 196 valence electrons. The van der Waals surface area contributed by atoms with Gasteiger partial charge in [0.1, 0.15) is 17.1 Å². The van der Waals surface area contributed by atoms with Gasteiger partial charge >= 0.3 is 0 Å². The predicted octanol–water partition coefficient (Wildman–Crippen LogP) is 2.48. The lowest BCUT2D eigenvalue weighted by atomic mass is 9.76. The second-order valence-corrected chi connectivity index (χ2v) is 11.1. The smallest absolute Gasteiger partial charge is 0.244 e. The molecule has 1 saturated carbocycles. The van der Waals surface area contributed by atoms with Crippen LogP contribution in [0.5, 0.6) is 0 Å². The summed E-state index contributed by atoms with van der Waals surface area (Å²) in [5.74, 6) is 1.78. The van der Waals surface area contributed by atoms with Crippen molar-refractivity contribution in [2.45, 2.75) is 64.5 Å².